The summed E-state index contributed by atoms with van der Waals surface area (Å²) in [5.74, 6) is -0.410. The summed E-state index contributed by atoms with van der Waals surface area (Å²) in [6.07, 6.45) is 0.711. The van der Waals surface area contributed by atoms with E-state index in [1.807, 2.05) is 63.2 Å². The predicted octanol–water partition coefficient (Wildman–Crippen LogP) is 3.11. The van der Waals surface area contributed by atoms with Crippen molar-refractivity contribution in [1.29, 1.82) is 0 Å². The monoisotopic (exact) mass is 389 g/mol. The van der Waals surface area contributed by atoms with Crippen molar-refractivity contribution in [2.45, 2.75) is 33.2 Å². The number of anilines is 1. The van der Waals surface area contributed by atoms with Crippen LogP contribution in [0.2, 0.25) is 0 Å². The minimum Gasteiger partial charge on any atom is -0.399 e. The number of nitrogens with two attached hydrogens (primary N) is 1. The van der Waals surface area contributed by atoms with Gasteiger partial charge in [-0.05, 0) is 48.6 Å². The number of halogens is 1. The topological polar surface area (TPSA) is 84.2 Å². The third-order valence-corrected chi connectivity index (χ3v) is 4.32. The van der Waals surface area contributed by atoms with Crippen LogP contribution in [0.4, 0.5) is 5.69 Å². The zero-order chi connectivity index (χ0) is 19.1. The summed E-state index contributed by atoms with van der Waals surface area (Å²) in [4.78, 5) is 25.0. The van der Waals surface area contributed by atoms with Crippen molar-refractivity contribution in [2.24, 2.45) is 5.92 Å². The molecular weight excluding hydrogens is 362 g/mol. The summed E-state index contributed by atoms with van der Waals surface area (Å²) in [5.41, 5.74) is 8.97. The first-order valence-electron chi connectivity index (χ1n) is 8.87. The summed E-state index contributed by atoms with van der Waals surface area (Å²) in [6.45, 7) is 6.23. The maximum atomic E-state index is 12.5. The Morgan fingerprint density at radius 1 is 1.04 bits per heavy atom. The highest BCUT2D eigenvalue weighted by Gasteiger charge is 2.24. The Labute approximate surface area is 167 Å². The van der Waals surface area contributed by atoms with Crippen molar-refractivity contribution in [3.63, 3.8) is 0 Å². The van der Waals surface area contributed by atoms with Crippen molar-refractivity contribution in [2.75, 3.05) is 12.3 Å². The van der Waals surface area contributed by atoms with E-state index >= 15 is 0 Å². The summed E-state index contributed by atoms with van der Waals surface area (Å²) in [6, 6.07) is 14.4. The zero-order valence-corrected chi connectivity index (χ0v) is 16.8. The number of nitrogens with one attached hydrogen (secondary N) is 2. The van der Waals surface area contributed by atoms with E-state index in [4.69, 9.17) is 5.73 Å². The van der Waals surface area contributed by atoms with Crippen molar-refractivity contribution in [3.8, 4) is 0 Å². The normalized spacial score (nSPS) is 11.4. The summed E-state index contributed by atoms with van der Waals surface area (Å²) < 4.78 is 0. The molecule has 0 aromatic heterocycles. The van der Waals surface area contributed by atoms with Gasteiger partial charge in [0.05, 0.1) is 0 Å². The van der Waals surface area contributed by atoms with E-state index < -0.39 is 6.04 Å². The second-order valence-corrected chi connectivity index (χ2v) is 6.79. The van der Waals surface area contributed by atoms with Crippen LogP contribution >= 0.6 is 12.4 Å². The van der Waals surface area contributed by atoms with Gasteiger partial charge in [-0.2, -0.15) is 0 Å². The Morgan fingerprint density at radius 2 is 1.67 bits per heavy atom. The van der Waals surface area contributed by atoms with Crippen LogP contribution in [0.1, 0.15) is 35.3 Å². The lowest BCUT2D eigenvalue weighted by Crippen LogP contribution is -2.50. The fraction of sp³-hybridized carbons (Fsp3) is 0.333. The standard InChI is InChI=1S/C21H27N3O2.ClH/c1-14(2)19(24-20(25)18-7-5-4-6-15(18)3)21(26)23-13-12-16-8-10-17(22)11-9-16;/h4-11,14,19H,12-13,22H2,1-3H3,(H,23,26)(H,24,25);1H. The molecule has 0 saturated carbocycles. The first kappa shape index (κ1) is 22.5. The molecule has 1 unspecified atom stereocenters. The van der Waals surface area contributed by atoms with Gasteiger partial charge < -0.3 is 16.4 Å². The van der Waals surface area contributed by atoms with Crippen molar-refractivity contribution >= 4 is 29.9 Å². The van der Waals surface area contributed by atoms with E-state index in [1.165, 1.54) is 0 Å². The summed E-state index contributed by atoms with van der Waals surface area (Å²) >= 11 is 0. The SMILES string of the molecule is Cc1ccccc1C(=O)NC(C(=O)NCCc1ccc(N)cc1)C(C)C.Cl. The quantitative estimate of drug-likeness (QED) is 0.636. The number of carbonyl (C=O) groups excluding carboxylic acids is 2. The molecule has 0 fully saturated rings. The number of benzene rings is 2. The van der Waals surface area contributed by atoms with Gasteiger partial charge in [0.25, 0.3) is 5.91 Å². The van der Waals surface area contributed by atoms with Gasteiger partial charge in [-0.15, -0.1) is 12.4 Å². The number of amides is 2. The van der Waals surface area contributed by atoms with Gasteiger partial charge >= 0.3 is 0 Å². The fourth-order valence-electron chi connectivity index (χ4n) is 2.71. The Bertz CT molecular complexity index is 760. The predicted molar refractivity (Wildman–Crippen MR) is 112 cm³/mol. The molecule has 0 aliphatic heterocycles. The number of aryl methyl sites for hydroxylation is 1. The Balaban J connectivity index is 0.00000364. The summed E-state index contributed by atoms with van der Waals surface area (Å²) in [7, 11) is 0. The fourth-order valence-corrected chi connectivity index (χ4v) is 2.71. The maximum Gasteiger partial charge on any atom is 0.252 e. The van der Waals surface area contributed by atoms with E-state index in [0.29, 0.717) is 18.5 Å². The molecule has 146 valence electrons. The number of hydrogen-bond donors (Lipinski definition) is 3. The molecule has 5 nitrogen and oxygen atoms in total. The molecule has 2 amide bonds. The van der Waals surface area contributed by atoms with Crippen LogP contribution in [0, 0.1) is 12.8 Å². The molecule has 0 bridgehead atoms. The molecule has 27 heavy (non-hydrogen) atoms. The minimum absolute atomic E-state index is 0. The molecule has 1 atom stereocenters. The molecule has 4 N–H and O–H groups in total. The van der Waals surface area contributed by atoms with Gasteiger partial charge in [0.2, 0.25) is 5.91 Å². The lowest BCUT2D eigenvalue weighted by Gasteiger charge is -2.22. The molecule has 2 rings (SSSR count). The highest BCUT2D eigenvalue weighted by atomic mass is 35.5. The zero-order valence-electron chi connectivity index (χ0n) is 16.0. The van der Waals surface area contributed by atoms with E-state index in [2.05, 4.69) is 10.6 Å². The maximum absolute atomic E-state index is 12.5. The molecule has 6 heteroatoms. The molecule has 2 aromatic rings. The third-order valence-electron chi connectivity index (χ3n) is 4.32. The molecule has 0 aliphatic carbocycles. The lowest BCUT2D eigenvalue weighted by atomic mass is 10.0. The molecular formula is C21H28ClN3O2. The second kappa shape index (κ2) is 10.6. The molecule has 0 saturated heterocycles. The van der Waals surface area contributed by atoms with Crippen molar-refractivity contribution < 1.29 is 9.59 Å². The smallest absolute Gasteiger partial charge is 0.252 e. The highest BCUT2D eigenvalue weighted by molar-refractivity contribution is 5.98. The van der Waals surface area contributed by atoms with Crippen molar-refractivity contribution in [3.05, 3.63) is 65.2 Å². The molecule has 0 heterocycles. The Morgan fingerprint density at radius 3 is 2.26 bits per heavy atom. The molecule has 0 aliphatic rings. The largest absolute Gasteiger partial charge is 0.399 e. The molecule has 0 radical (unpaired) electrons. The molecule has 0 spiro atoms. The van der Waals surface area contributed by atoms with Gasteiger partial charge in [-0.25, -0.2) is 0 Å². The second-order valence-electron chi connectivity index (χ2n) is 6.79. The van der Waals surface area contributed by atoms with Crippen LogP contribution in [-0.4, -0.2) is 24.4 Å². The van der Waals surface area contributed by atoms with E-state index in [-0.39, 0.29) is 30.1 Å². The number of hydrogen-bond acceptors (Lipinski definition) is 3. The van der Waals surface area contributed by atoms with Gasteiger partial charge in [-0.1, -0.05) is 44.2 Å². The molecule has 2 aromatic carbocycles. The van der Waals surface area contributed by atoms with Crippen LogP contribution in [0.15, 0.2) is 48.5 Å². The third kappa shape index (κ3) is 6.61. The Kier molecular flexibility index (Phi) is 8.82. The van der Waals surface area contributed by atoms with Crippen molar-refractivity contribution in [1.82, 2.24) is 10.6 Å². The van der Waals surface area contributed by atoms with Gasteiger partial charge in [0.1, 0.15) is 6.04 Å². The van der Waals surface area contributed by atoms with Gasteiger partial charge in [-0.3, -0.25) is 9.59 Å². The van der Waals surface area contributed by atoms with Crippen LogP contribution < -0.4 is 16.4 Å². The highest BCUT2D eigenvalue weighted by Crippen LogP contribution is 2.10. The van der Waals surface area contributed by atoms with E-state index in [0.717, 1.165) is 16.8 Å². The van der Waals surface area contributed by atoms with Crippen LogP contribution in [-0.2, 0) is 11.2 Å². The average molecular weight is 390 g/mol. The average Bonchev–Trinajstić information content (AvgIpc) is 2.61. The van der Waals surface area contributed by atoms with Crippen LogP contribution in [0.5, 0.6) is 0 Å². The Hall–Kier alpha value is -2.53. The minimum atomic E-state index is -0.575. The van der Waals surface area contributed by atoms with Gasteiger partial charge in [0, 0.05) is 17.8 Å². The van der Waals surface area contributed by atoms with Crippen LogP contribution in [0.25, 0.3) is 0 Å². The van der Waals surface area contributed by atoms with Gasteiger partial charge in [0.15, 0.2) is 0 Å². The van der Waals surface area contributed by atoms with Crippen LogP contribution in [0.3, 0.4) is 0 Å². The van der Waals surface area contributed by atoms with E-state index in [1.54, 1.807) is 6.07 Å². The first-order chi connectivity index (χ1) is 12.4. The number of nitrogen functional groups attached to an aromatic ring is 1. The number of carbonyl (C=O) groups is 2. The van der Waals surface area contributed by atoms with E-state index in [9.17, 15) is 9.59 Å². The lowest BCUT2D eigenvalue weighted by molar-refractivity contribution is -0.123. The summed E-state index contributed by atoms with van der Waals surface area (Å²) in [5, 5.41) is 5.78. The first-order valence-corrected chi connectivity index (χ1v) is 8.87. The number of rotatable bonds is 7.